The van der Waals surface area contributed by atoms with E-state index in [0.29, 0.717) is 17.6 Å². The van der Waals surface area contributed by atoms with E-state index in [-0.39, 0.29) is 5.91 Å². The molecule has 5 heteroatoms. The molecule has 1 heterocycles. The van der Waals surface area contributed by atoms with Crippen LogP contribution in [0, 0.1) is 5.92 Å². The smallest absolute Gasteiger partial charge is 0.220 e. The van der Waals surface area contributed by atoms with E-state index < -0.39 is 0 Å². The van der Waals surface area contributed by atoms with Crippen LogP contribution in [-0.2, 0) is 4.79 Å². The SMILES string of the molecule is CC(CNC(=O)CCC1CCNC1)Sc1ccc(Br)cc1. The zero-order valence-corrected chi connectivity index (χ0v) is 14.8. The molecule has 0 spiro atoms. The summed E-state index contributed by atoms with van der Waals surface area (Å²) < 4.78 is 1.09. The highest BCUT2D eigenvalue weighted by Gasteiger charge is 2.15. The molecule has 0 radical (unpaired) electrons. The Morgan fingerprint density at radius 3 is 2.90 bits per heavy atom. The number of hydrogen-bond acceptors (Lipinski definition) is 3. The molecule has 0 aromatic heterocycles. The van der Waals surface area contributed by atoms with Crippen LogP contribution in [0.5, 0.6) is 0 Å². The average molecular weight is 371 g/mol. The van der Waals surface area contributed by atoms with E-state index in [9.17, 15) is 4.79 Å². The number of nitrogens with one attached hydrogen (secondary N) is 2. The van der Waals surface area contributed by atoms with Gasteiger partial charge in [-0.15, -0.1) is 11.8 Å². The Morgan fingerprint density at radius 1 is 1.48 bits per heavy atom. The van der Waals surface area contributed by atoms with Gasteiger partial charge in [0.1, 0.15) is 0 Å². The Labute approximate surface area is 139 Å². The first-order chi connectivity index (χ1) is 10.1. The molecule has 2 unspecified atom stereocenters. The summed E-state index contributed by atoms with van der Waals surface area (Å²) in [6.07, 6.45) is 2.87. The lowest BCUT2D eigenvalue weighted by Gasteiger charge is -2.13. The molecule has 1 saturated heterocycles. The Hall–Kier alpha value is -0.520. The van der Waals surface area contributed by atoms with Gasteiger partial charge < -0.3 is 10.6 Å². The number of amides is 1. The zero-order valence-electron chi connectivity index (χ0n) is 12.4. The van der Waals surface area contributed by atoms with E-state index in [1.807, 2.05) is 12.1 Å². The van der Waals surface area contributed by atoms with Gasteiger partial charge >= 0.3 is 0 Å². The standard InChI is InChI=1S/C16H23BrN2OS/c1-12(21-15-5-3-14(17)4-6-15)10-19-16(20)7-2-13-8-9-18-11-13/h3-6,12-13,18H,2,7-11H2,1H3,(H,19,20). The zero-order chi connectivity index (χ0) is 15.1. The van der Waals surface area contributed by atoms with Crippen LogP contribution in [0.25, 0.3) is 0 Å². The molecule has 0 aliphatic carbocycles. The quantitative estimate of drug-likeness (QED) is 0.722. The summed E-state index contributed by atoms with van der Waals surface area (Å²) in [6, 6.07) is 8.28. The number of hydrogen-bond donors (Lipinski definition) is 2. The maximum Gasteiger partial charge on any atom is 0.220 e. The molecule has 1 amide bonds. The Kier molecular flexibility index (Phi) is 7.07. The highest BCUT2D eigenvalue weighted by molar-refractivity contribution is 9.10. The molecule has 2 atom stereocenters. The van der Waals surface area contributed by atoms with Crippen LogP contribution in [0.1, 0.15) is 26.2 Å². The maximum atomic E-state index is 11.9. The minimum atomic E-state index is 0.185. The number of rotatable bonds is 7. The van der Waals surface area contributed by atoms with Gasteiger partial charge in [0.05, 0.1) is 0 Å². The van der Waals surface area contributed by atoms with Crippen molar-refractivity contribution in [2.75, 3.05) is 19.6 Å². The fourth-order valence-corrected chi connectivity index (χ4v) is 3.62. The minimum Gasteiger partial charge on any atom is -0.355 e. The topological polar surface area (TPSA) is 41.1 Å². The molecular formula is C16H23BrN2OS. The lowest BCUT2D eigenvalue weighted by atomic mass is 10.0. The molecule has 116 valence electrons. The van der Waals surface area contributed by atoms with E-state index >= 15 is 0 Å². The molecule has 2 N–H and O–H groups in total. The van der Waals surface area contributed by atoms with Gasteiger partial charge in [0.15, 0.2) is 0 Å². The third-order valence-electron chi connectivity index (χ3n) is 3.68. The van der Waals surface area contributed by atoms with Crippen LogP contribution in [-0.4, -0.2) is 30.8 Å². The molecule has 1 aromatic carbocycles. The first-order valence-corrected chi connectivity index (χ1v) is 9.20. The first kappa shape index (κ1) is 16.8. The van der Waals surface area contributed by atoms with Crippen molar-refractivity contribution in [3.05, 3.63) is 28.7 Å². The molecule has 0 bridgehead atoms. The van der Waals surface area contributed by atoms with E-state index in [4.69, 9.17) is 0 Å². The molecule has 1 aromatic rings. The van der Waals surface area contributed by atoms with Gasteiger partial charge in [0, 0.05) is 27.6 Å². The van der Waals surface area contributed by atoms with Crippen molar-refractivity contribution in [3.63, 3.8) is 0 Å². The van der Waals surface area contributed by atoms with Crippen molar-refractivity contribution >= 4 is 33.6 Å². The van der Waals surface area contributed by atoms with E-state index in [1.165, 1.54) is 11.3 Å². The summed E-state index contributed by atoms with van der Waals surface area (Å²) in [5.41, 5.74) is 0. The number of carbonyl (C=O) groups is 1. The van der Waals surface area contributed by atoms with E-state index in [1.54, 1.807) is 11.8 Å². The van der Waals surface area contributed by atoms with Crippen molar-refractivity contribution in [3.8, 4) is 0 Å². The van der Waals surface area contributed by atoms with E-state index in [0.717, 1.165) is 30.5 Å². The summed E-state index contributed by atoms with van der Waals surface area (Å²) in [7, 11) is 0. The van der Waals surface area contributed by atoms with Crippen molar-refractivity contribution < 1.29 is 4.79 Å². The average Bonchev–Trinajstić information content (AvgIpc) is 2.99. The second-order valence-electron chi connectivity index (χ2n) is 5.58. The summed E-state index contributed by atoms with van der Waals surface area (Å²) >= 11 is 5.23. The highest BCUT2D eigenvalue weighted by Crippen LogP contribution is 2.24. The van der Waals surface area contributed by atoms with Crippen molar-refractivity contribution in [2.24, 2.45) is 5.92 Å². The minimum absolute atomic E-state index is 0.185. The fraction of sp³-hybridized carbons (Fsp3) is 0.562. The number of thioether (sulfide) groups is 1. The van der Waals surface area contributed by atoms with Crippen molar-refractivity contribution in [1.29, 1.82) is 0 Å². The predicted molar refractivity (Wildman–Crippen MR) is 92.7 cm³/mol. The van der Waals surface area contributed by atoms with Crippen LogP contribution in [0.3, 0.4) is 0 Å². The van der Waals surface area contributed by atoms with Crippen molar-refractivity contribution in [2.45, 2.75) is 36.3 Å². The summed E-state index contributed by atoms with van der Waals surface area (Å²) in [6.45, 7) is 5.05. The molecule has 3 nitrogen and oxygen atoms in total. The summed E-state index contributed by atoms with van der Waals surface area (Å²) in [5, 5.41) is 6.77. The maximum absolute atomic E-state index is 11.9. The van der Waals surface area contributed by atoms with E-state index in [2.05, 4.69) is 45.6 Å². The number of halogens is 1. The lowest BCUT2D eigenvalue weighted by Crippen LogP contribution is -2.29. The van der Waals surface area contributed by atoms with Gasteiger partial charge in [-0.1, -0.05) is 22.9 Å². The summed E-state index contributed by atoms with van der Waals surface area (Å²) in [4.78, 5) is 13.1. The third-order valence-corrected chi connectivity index (χ3v) is 5.32. The largest absolute Gasteiger partial charge is 0.355 e. The lowest BCUT2D eigenvalue weighted by molar-refractivity contribution is -0.121. The monoisotopic (exact) mass is 370 g/mol. The van der Waals surface area contributed by atoms with Gasteiger partial charge in [0.2, 0.25) is 5.91 Å². The molecule has 21 heavy (non-hydrogen) atoms. The number of carbonyl (C=O) groups excluding carboxylic acids is 1. The van der Waals surface area contributed by atoms with Crippen LogP contribution >= 0.6 is 27.7 Å². The normalized spacial score (nSPS) is 19.4. The molecule has 1 fully saturated rings. The van der Waals surface area contributed by atoms with Gasteiger partial charge in [-0.3, -0.25) is 4.79 Å². The van der Waals surface area contributed by atoms with Crippen LogP contribution in [0.2, 0.25) is 0 Å². The van der Waals surface area contributed by atoms with Crippen LogP contribution in [0.4, 0.5) is 0 Å². The number of benzene rings is 1. The van der Waals surface area contributed by atoms with Crippen LogP contribution < -0.4 is 10.6 Å². The highest BCUT2D eigenvalue weighted by atomic mass is 79.9. The molecule has 2 rings (SSSR count). The fourth-order valence-electron chi connectivity index (χ4n) is 2.43. The first-order valence-electron chi connectivity index (χ1n) is 7.53. The Morgan fingerprint density at radius 2 is 2.24 bits per heavy atom. The molecule has 1 aliphatic heterocycles. The van der Waals surface area contributed by atoms with Gasteiger partial charge in [0.25, 0.3) is 0 Å². The molecule has 0 saturated carbocycles. The second-order valence-corrected chi connectivity index (χ2v) is 8.01. The van der Waals surface area contributed by atoms with Gasteiger partial charge in [-0.2, -0.15) is 0 Å². The van der Waals surface area contributed by atoms with Crippen LogP contribution in [0.15, 0.2) is 33.6 Å². The Bertz CT molecular complexity index is 446. The second kappa shape index (κ2) is 8.81. The van der Waals surface area contributed by atoms with Gasteiger partial charge in [-0.05, 0) is 56.1 Å². The molecular weight excluding hydrogens is 348 g/mol. The van der Waals surface area contributed by atoms with Crippen molar-refractivity contribution in [1.82, 2.24) is 10.6 Å². The van der Waals surface area contributed by atoms with Gasteiger partial charge in [-0.25, -0.2) is 0 Å². The predicted octanol–water partition coefficient (Wildman–Crippen LogP) is 3.44. The molecule has 1 aliphatic rings. The summed E-state index contributed by atoms with van der Waals surface area (Å²) in [5.74, 6) is 0.871. The Balaban J connectivity index is 1.62. The third kappa shape index (κ3) is 6.41.